The van der Waals surface area contributed by atoms with Gasteiger partial charge in [-0.2, -0.15) is 0 Å². The van der Waals surface area contributed by atoms with Gasteiger partial charge in [0.15, 0.2) is 0 Å². The molecule has 0 aromatic heterocycles. The molecule has 1 aliphatic rings. The van der Waals surface area contributed by atoms with Crippen molar-refractivity contribution in [2.75, 3.05) is 0 Å². The first-order chi connectivity index (χ1) is 14.5. The van der Waals surface area contributed by atoms with Crippen LogP contribution in [0.2, 0.25) is 0 Å². The maximum Gasteiger partial charge on any atom is 0.313 e. The standard InChI is InChI=1S/C27H42O4/c1-9-10-12-17(2)13-11-14-19(4)26-22(7)24(27(30)31-26)16-18(3)15-20(5)25(29)21(6)23(8)28/h11,13-17,21-22,24-26,29H,9-10,12H2,1-8H3/b13-11+,18-16+,19-14+,20-15+/t17-,21+,22+,24+,25+,26-/m1/s1. The summed E-state index contributed by atoms with van der Waals surface area (Å²) in [5.41, 5.74) is 2.64. The van der Waals surface area contributed by atoms with Crippen LogP contribution in [0.4, 0.5) is 0 Å². The minimum absolute atomic E-state index is 0.0272. The first-order valence-corrected chi connectivity index (χ1v) is 11.6. The Morgan fingerprint density at radius 3 is 2.42 bits per heavy atom. The number of rotatable bonds is 11. The normalized spacial score (nSPS) is 26.2. The number of cyclic esters (lactones) is 1. The van der Waals surface area contributed by atoms with Gasteiger partial charge in [0.2, 0.25) is 0 Å². The zero-order valence-electron chi connectivity index (χ0n) is 20.6. The predicted octanol–water partition coefficient (Wildman–Crippen LogP) is 5.97. The molecule has 1 N–H and O–H groups in total. The van der Waals surface area contributed by atoms with E-state index in [1.165, 1.54) is 26.2 Å². The third-order valence-electron chi connectivity index (χ3n) is 6.30. The van der Waals surface area contributed by atoms with Gasteiger partial charge in [-0.1, -0.05) is 76.5 Å². The van der Waals surface area contributed by atoms with Crippen molar-refractivity contribution in [1.82, 2.24) is 0 Å². The number of unbranched alkanes of at least 4 members (excludes halogenated alkanes) is 1. The number of carbonyl (C=O) groups is 2. The molecule has 0 aromatic carbocycles. The Morgan fingerprint density at radius 2 is 1.84 bits per heavy atom. The van der Waals surface area contributed by atoms with Crippen molar-refractivity contribution in [3.63, 3.8) is 0 Å². The predicted molar refractivity (Wildman–Crippen MR) is 127 cm³/mol. The van der Waals surface area contributed by atoms with Gasteiger partial charge in [-0.3, -0.25) is 9.59 Å². The highest BCUT2D eigenvalue weighted by atomic mass is 16.6. The van der Waals surface area contributed by atoms with Gasteiger partial charge in [0.25, 0.3) is 0 Å². The molecule has 0 radical (unpaired) electrons. The lowest BCUT2D eigenvalue weighted by molar-refractivity contribution is -0.142. The second-order valence-electron chi connectivity index (χ2n) is 9.30. The Hall–Kier alpha value is -1.94. The number of aliphatic hydroxyl groups excluding tert-OH is 1. The van der Waals surface area contributed by atoms with Crippen LogP contribution >= 0.6 is 0 Å². The summed E-state index contributed by atoms with van der Waals surface area (Å²) in [6, 6.07) is 0. The average Bonchev–Trinajstić information content (AvgIpc) is 2.98. The molecule has 1 aliphatic heterocycles. The summed E-state index contributed by atoms with van der Waals surface area (Å²) in [6.07, 6.45) is 12.7. The van der Waals surface area contributed by atoms with E-state index in [-0.39, 0.29) is 29.7 Å². The highest BCUT2D eigenvalue weighted by Crippen LogP contribution is 2.34. The molecule has 0 amide bonds. The molecule has 1 saturated heterocycles. The topological polar surface area (TPSA) is 63.6 Å². The van der Waals surface area contributed by atoms with E-state index in [0.29, 0.717) is 11.5 Å². The Balaban J connectivity index is 2.87. The van der Waals surface area contributed by atoms with E-state index in [1.807, 2.05) is 32.9 Å². The van der Waals surface area contributed by atoms with Crippen LogP contribution < -0.4 is 0 Å². The number of allylic oxidation sites excluding steroid dienone is 5. The number of hydrogen-bond acceptors (Lipinski definition) is 4. The van der Waals surface area contributed by atoms with Crippen molar-refractivity contribution in [1.29, 1.82) is 0 Å². The Kier molecular flexibility index (Phi) is 11.2. The molecule has 0 unspecified atom stereocenters. The molecule has 4 nitrogen and oxygen atoms in total. The van der Waals surface area contributed by atoms with Crippen LogP contribution in [0.25, 0.3) is 0 Å². The maximum atomic E-state index is 12.5. The average molecular weight is 431 g/mol. The van der Waals surface area contributed by atoms with Gasteiger partial charge in [0.05, 0.1) is 12.0 Å². The van der Waals surface area contributed by atoms with Gasteiger partial charge in [0.1, 0.15) is 11.9 Å². The summed E-state index contributed by atoms with van der Waals surface area (Å²) >= 11 is 0. The summed E-state index contributed by atoms with van der Waals surface area (Å²) in [5, 5.41) is 10.3. The van der Waals surface area contributed by atoms with Gasteiger partial charge in [-0.15, -0.1) is 0 Å². The van der Waals surface area contributed by atoms with Crippen molar-refractivity contribution in [2.45, 2.75) is 86.9 Å². The third-order valence-corrected chi connectivity index (χ3v) is 6.30. The lowest BCUT2D eigenvalue weighted by Crippen LogP contribution is -2.24. The molecular formula is C27H42O4. The lowest BCUT2D eigenvalue weighted by Gasteiger charge is -2.17. The van der Waals surface area contributed by atoms with Crippen molar-refractivity contribution in [2.24, 2.45) is 23.7 Å². The van der Waals surface area contributed by atoms with Crippen LogP contribution in [0.5, 0.6) is 0 Å². The minimum Gasteiger partial charge on any atom is -0.457 e. The van der Waals surface area contributed by atoms with Gasteiger partial charge in [-0.05, 0) is 51.2 Å². The number of esters is 1. The van der Waals surface area contributed by atoms with E-state index in [4.69, 9.17) is 4.74 Å². The van der Waals surface area contributed by atoms with E-state index in [9.17, 15) is 14.7 Å². The van der Waals surface area contributed by atoms with Gasteiger partial charge in [-0.25, -0.2) is 0 Å². The van der Waals surface area contributed by atoms with E-state index in [0.717, 1.165) is 11.1 Å². The molecule has 1 rings (SSSR count). The number of aliphatic hydroxyl groups is 1. The summed E-state index contributed by atoms with van der Waals surface area (Å²) in [6.45, 7) is 15.4. The van der Waals surface area contributed by atoms with Gasteiger partial charge < -0.3 is 9.84 Å². The van der Waals surface area contributed by atoms with Crippen LogP contribution in [0.1, 0.15) is 74.7 Å². The molecule has 0 bridgehead atoms. The number of ketones is 1. The largest absolute Gasteiger partial charge is 0.457 e. The number of ether oxygens (including phenoxy) is 1. The molecular weight excluding hydrogens is 388 g/mol. The second kappa shape index (κ2) is 12.8. The Labute approximate surface area is 189 Å². The molecule has 0 spiro atoms. The summed E-state index contributed by atoms with van der Waals surface area (Å²) in [4.78, 5) is 24.1. The van der Waals surface area contributed by atoms with Crippen LogP contribution in [0.15, 0.2) is 47.1 Å². The van der Waals surface area contributed by atoms with Crippen LogP contribution in [0.3, 0.4) is 0 Å². The van der Waals surface area contributed by atoms with E-state index >= 15 is 0 Å². The zero-order chi connectivity index (χ0) is 23.7. The molecule has 6 atom stereocenters. The van der Waals surface area contributed by atoms with Crippen molar-refractivity contribution >= 4 is 11.8 Å². The molecule has 1 fully saturated rings. The maximum absolute atomic E-state index is 12.5. The molecule has 0 aromatic rings. The van der Waals surface area contributed by atoms with Gasteiger partial charge in [0, 0.05) is 11.8 Å². The van der Waals surface area contributed by atoms with Gasteiger partial charge >= 0.3 is 5.97 Å². The third kappa shape index (κ3) is 8.25. The molecule has 0 saturated carbocycles. The molecule has 31 heavy (non-hydrogen) atoms. The molecule has 1 heterocycles. The van der Waals surface area contributed by atoms with Crippen molar-refractivity contribution in [3.8, 4) is 0 Å². The van der Waals surface area contributed by atoms with Crippen LogP contribution in [-0.2, 0) is 14.3 Å². The van der Waals surface area contributed by atoms with E-state index in [1.54, 1.807) is 13.8 Å². The smallest absolute Gasteiger partial charge is 0.313 e. The monoisotopic (exact) mass is 430 g/mol. The first kappa shape index (κ1) is 27.1. The fraction of sp³-hybridized carbons (Fsp3) is 0.630. The van der Waals surface area contributed by atoms with Crippen LogP contribution in [-0.4, -0.2) is 29.1 Å². The SMILES string of the molecule is CCCC[C@@H](C)/C=C/C=C(\C)[C@H]1OC(=O)[C@@H](/C=C(C)/C=C(\C)[C@H](O)[C@@H](C)C(C)=O)[C@@H]1C. The minimum atomic E-state index is -0.821. The first-order valence-electron chi connectivity index (χ1n) is 11.6. The fourth-order valence-electron chi connectivity index (χ4n) is 3.95. The highest BCUT2D eigenvalue weighted by Gasteiger charge is 2.41. The summed E-state index contributed by atoms with van der Waals surface area (Å²) in [7, 11) is 0. The second-order valence-corrected chi connectivity index (χ2v) is 9.30. The quantitative estimate of drug-likeness (QED) is 0.324. The zero-order valence-corrected chi connectivity index (χ0v) is 20.6. The lowest BCUT2D eigenvalue weighted by atomic mass is 9.87. The fourth-order valence-corrected chi connectivity index (χ4v) is 3.95. The number of carbonyl (C=O) groups excluding carboxylic acids is 2. The van der Waals surface area contributed by atoms with Crippen molar-refractivity contribution < 1.29 is 19.4 Å². The van der Waals surface area contributed by atoms with E-state index < -0.39 is 12.0 Å². The van der Waals surface area contributed by atoms with Crippen molar-refractivity contribution in [3.05, 3.63) is 47.1 Å². The molecule has 4 heteroatoms. The summed E-state index contributed by atoms with van der Waals surface area (Å²) < 4.78 is 5.69. The van der Waals surface area contributed by atoms with E-state index in [2.05, 4.69) is 32.1 Å². The number of Topliss-reactive ketones (excluding diaryl/α,β-unsaturated/α-hetero) is 1. The number of hydrogen-bond donors (Lipinski definition) is 1. The Morgan fingerprint density at radius 1 is 1.19 bits per heavy atom. The Bertz CT molecular complexity index is 740. The highest BCUT2D eigenvalue weighted by molar-refractivity contribution is 5.79. The molecule has 0 aliphatic carbocycles. The van der Waals surface area contributed by atoms with Crippen LogP contribution in [0, 0.1) is 23.7 Å². The molecule has 174 valence electrons. The summed E-state index contributed by atoms with van der Waals surface area (Å²) in [5.74, 6) is -0.467.